The van der Waals surface area contributed by atoms with E-state index in [1.807, 2.05) is 11.3 Å². The molecule has 4 nitrogen and oxygen atoms in total. The average Bonchev–Trinajstić information content (AvgIpc) is 2.89. The van der Waals surface area contributed by atoms with Crippen LogP contribution in [0.5, 0.6) is 0 Å². The standard InChI is InChI=1S/C19H24N2O2S/c1-13-15(14-5-2-3-6-16(14)24-13)11-21-10-7-17(22)19(12-21)8-4-9-20-18(19)23/h2-3,5-6,17,22H,4,7-12H2,1H3,(H,20,23)/t17-,19+/m0/s1. The van der Waals surface area contributed by atoms with E-state index >= 15 is 0 Å². The van der Waals surface area contributed by atoms with Gasteiger partial charge < -0.3 is 10.4 Å². The fourth-order valence-electron chi connectivity index (χ4n) is 4.30. The number of amides is 1. The Kier molecular flexibility index (Phi) is 4.11. The summed E-state index contributed by atoms with van der Waals surface area (Å²) < 4.78 is 1.33. The van der Waals surface area contributed by atoms with Gasteiger partial charge in [0.1, 0.15) is 0 Å². The normalized spacial score (nSPS) is 28.4. The van der Waals surface area contributed by atoms with Gasteiger partial charge in [-0.3, -0.25) is 9.69 Å². The first kappa shape index (κ1) is 16.1. The zero-order valence-electron chi connectivity index (χ0n) is 14.0. The van der Waals surface area contributed by atoms with Gasteiger partial charge in [-0.05, 0) is 43.2 Å². The van der Waals surface area contributed by atoms with E-state index in [1.165, 1.54) is 20.5 Å². The van der Waals surface area contributed by atoms with Gasteiger partial charge in [-0.25, -0.2) is 0 Å². The molecular weight excluding hydrogens is 320 g/mol. The number of thiophene rings is 1. The number of aryl methyl sites for hydroxylation is 1. The number of carbonyl (C=O) groups is 1. The summed E-state index contributed by atoms with van der Waals surface area (Å²) in [6.45, 7) is 5.28. The number of rotatable bonds is 2. The van der Waals surface area contributed by atoms with Crippen molar-refractivity contribution in [1.29, 1.82) is 0 Å². The van der Waals surface area contributed by atoms with Crippen LogP contribution in [0.1, 0.15) is 29.7 Å². The third-order valence-electron chi connectivity index (χ3n) is 5.68. The van der Waals surface area contributed by atoms with Crippen molar-refractivity contribution in [3.05, 3.63) is 34.7 Å². The number of carbonyl (C=O) groups excluding carboxylic acids is 1. The molecule has 0 radical (unpaired) electrons. The Labute approximate surface area is 146 Å². The Morgan fingerprint density at radius 2 is 2.25 bits per heavy atom. The minimum atomic E-state index is -0.615. The van der Waals surface area contributed by atoms with E-state index in [4.69, 9.17) is 0 Å². The fourth-order valence-corrected chi connectivity index (χ4v) is 5.38. The molecule has 4 rings (SSSR count). The van der Waals surface area contributed by atoms with Crippen molar-refractivity contribution in [3.63, 3.8) is 0 Å². The summed E-state index contributed by atoms with van der Waals surface area (Å²) in [5, 5.41) is 14.8. The predicted molar refractivity (Wildman–Crippen MR) is 97.1 cm³/mol. The highest BCUT2D eigenvalue weighted by Gasteiger charge is 2.49. The van der Waals surface area contributed by atoms with Crippen LogP contribution in [0.4, 0.5) is 0 Å². The van der Waals surface area contributed by atoms with Crippen LogP contribution in [0.2, 0.25) is 0 Å². The van der Waals surface area contributed by atoms with Crippen LogP contribution in [0, 0.1) is 12.3 Å². The molecule has 0 saturated carbocycles. The highest BCUT2D eigenvalue weighted by atomic mass is 32.1. The van der Waals surface area contributed by atoms with Crippen LogP contribution >= 0.6 is 11.3 Å². The molecule has 24 heavy (non-hydrogen) atoms. The highest BCUT2D eigenvalue weighted by molar-refractivity contribution is 7.19. The maximum atomic E-state index is 12.5. The van der Waals surface area contributed by atoms with E-state index in [1.54, 1.807) is 0 Å². The molecule has 1 spiro atoms. The van der Waals surface area contributed by atoms with Crippen molar-refractivity contribution >= 4 is 27.3 Å². The lowest BCUT2D eigenvalue weighted by molar-refractivity contribution is -0.149. The van der Waals surface area contributed by atoms with E-state index in [9.17, 15) is 9.90 Å². The Hall–Kier alpha value is -1.43. The molecule has 2 aromatic rings. The molecule has 1 aromatic carbocycles. The molecule has 2 aliphatic heterocycles. The second-order valence-corrected chi connectivity index (χ2v) is 8.42. The van der Waals surface area contributed by atoms with Crippen LogP contribution in [0.15, 0.2) is 24.3 Å². The summed E-state index contributed by atoms with van der Waals surface area (Å²) >= 11 is 1.84. The molecule has 1 amide bonds. The topological polar surface area (TPSA) is 52.6 Å². The number of aliphatic hydroxyl groups is 1. The Balaban J connectivity index is 1.61. The number of fused-ring (bicyclic) bond motifs is 1. The largest absolute Gasteiger partial charge is 0.392 e. The van der Waals surface area contributed by atoms with Crippen molar-refractivity contribution in [2.75, 3.05) is 19.6 Å². The van der Waals surface area contributed by atoms with Crippen molar-refractivity contribution in [2.45, 2.75) is 38.8 Å². The summed E-state index contributed by atoms with van der Waals surface area (Å²) in [5.41, 5.74) is 0.759. The summed E-state index contributed by atoms with van der Waals surface area (Å²) in [5.74, 6) is 0.0397. The monoisotopic (exact) mass is 344 g/mol. The van der Waals surface area contributed by atoms with Crippen molar-refractivity contribution < 1.29 is 9.90 Å². The van der Waals surface area contributed by atoms with E-state index in [2.05, 4.69) is 41.4 Å². The van der Waals surface area contributed by atoms with Crippen LogP contribution in [-0.2, 0) is 11.3 Å². The van der Waals surface area contributed by atoms with Crippen LogP contribution in [0.25, 0.3) is 10.1 Å². The quantitative estimate of drug-likeness (QED) is 0.881. The number of nitrogens with zero attached hydrogens (tertiary/aromatic N) is 1. The lowest BCUT2D eigenvalue weighted by atomic mass is 9.71. The minimum Gasteiger partial charge on any atom is -0.392 e. The number of piperidine rings is 2. The average molecular weight is 344 g/mol. The fraction of sp³-hybridized carbons (Fsp3) is 0.526. The molecule has 1 aromatic heterocycles. The number of aliphatic hydroxyl groups excluding tert-OH is 1. The van der Waals surface area contributed by atoms with E-state index < -0.39 is 11.5 Å². The third kappa shape index (κ3) is 2.55. The van der Waals surface area contributed by atoms with Gasteiger partial charge in [0.2, 0.25) is 5.91 Å². The maximum absolute atomic E-state index is 12.5. The van der Waals surface area contributed by atoms with Gasteiger partial charge in [0, 0.05) is 35.8 Å². The van der Waals surface area contributed by atoms with Gasteiger partial charge in [-0.15, -0.1) is 11.3 Å². The molecule has 0 unspecified atom stereocenters. The lowest BCUT2D eigenvalue weighted by Crippen LogP contribution is -2.61. The third-order valence-corrected chi connectivity index (χ3v) is 6.81. The van der Waals surface area contributed by atoms with E-state index in [0.29, 0.717) is 13.0 Å². The van der Waals surface area contributed by atoms with Gasteiger partial charge in [0.15, 0.2) is 0 Å². The molecule has 3 heterocycles. The zero-order chi connectivity index (χ0) is 16.7. The molecule has 0 aliphatic carbocycles. The molecule has 128 valence electrons. The number of nitrogens with one attached hydrogen (secondary N) is 1. The molecule has 2 fully saturated rings. The van der Waals surface area contributed by atoms with E-state index in [0.717, 1.165) is 32.5 Å². The lowest BCUT2D eigenvalue weighted by Gasteiger charge is -2.47. The molecule has 2 N–H and O–H groups in total. The van der Waals surface area contributed by atoms with Crippen LogP contribution in [0.3, 0.4) is 0 Å². The molecule has 5 heteroatoms. The number of benzene rings is 1. The van der Waals surface area contributed by atoms with Crippen molar-refractivity contribution in [1.82, 2.24) is 10.2 Å². The van der Waals surface area contributed by atoms with Crippen molar-refractivity contribution in [3.8, 4) is 0 Å². The molecule has 2 saturated heterocycles. The van der Waals surface area contributed by atoms with Gasteiger partial charge in [-0.1, -0.05) is 18.2 Å². The van der Waals surface area contributed by atoms with Crippen LogP contribution < -0.4 is 5.32 Å². The second kappa shape index (κ2) is 6.14. The minimum absolute atomic E-state index is 0.0397. The highest BCUT2D eigenvalue weighted by Crippen LogP contribution is 2.39. The summed E-state index contributed by atoms with van der Waals surface area (Å²) in [7, 11) is 0. The summed E-state index contributed by atoms with van der Waals surface area (Å²) in [6, 6.07) is 8.54. The molecule has 2 aliphatic rings. The Bertz CT molecular complexity index is 772. The first-order valence-electron chi connectivity index (χ1n) is 8.76. The van der Waals surface area contributed by atoms with Gasteiger partial charge >= 0.3 is 0 Å². The van der Waals surface area contributed by atoms with Gasteiger partial charge in [0.05, 0.1) is 11.5 Å². The number of hydrogen-bond acceptors (Lipinski definition) is 4. The zero-order valence-corrected chi connectivity index (χ0v) is 14.9. The SMILES string of the molecule is Cc1sc2ccccc2c1CN1CC[C@H](O)[C@@]2(CCCNC2=O)C1. The predicted octanol–water partition coefficient (Wildman–Crippen LogP) is 2.67. The second-order valence-electron chi connectivity index (χ2n) is 7.16. The maximum Gasteiger partial charge on any atom is 0.230 e. The molecule has 0 bridgehead atoms. The number of hydrogen-bond donors (Lipinski definition) is 2. The van der Waals surface area contributed by atoms with Gasteiger partial charge in [0.25, 0.3) is 0 Å². The smallest absolute Gasteiger partial charge is 0.230 e. The molecular formula is C19H24N2O2S. The molecule has 2 atom stereocenters. The van der Waals surface area contributed by atoms with Crippen LogP contribution in [-0.4, -0.2) is 41.7 Å². The van der Waals surface area contributed by atoms with Gasteiger partial charge in [-0.2, -0.15) is 0 Å². The van der Waals surface area contributed by atoms with Crippen molar-refractivity contribution in [2.24, 2.45) is 5.41 Å². The number of likely N-dealkylation sites (tertiary alicyclic amines) is 1. The Morgan fingerprint density at radius 1 is 1.42 bits per heavy atom. The Morgan fingerprint density at radius 3 is 3.08 bits per heavy atom. The summed E-state index contributed by atoms with van der Waals surface area (Å²) in [6.07, 6.45) is 1.90. The first-order valence-corrected chi connectivity index (χ1v) is 9.57. The first-order chi connectivity index (χ1) is 11.6. The van der Waals surface area contributed by atoms with E-state index in [-0.39, 0.29) is 5.91 Å². The summed E-state index contributed by atoms with van der Waals surface area (Å²) in [4.78, 5) is 16.2.